The average molecular weight is 334 g/mol. The molecule has 1 fully saturated rings. The van der Waals surface area contributed by atoms with Gasteiger partial charge in [-0.3, -0.25) is 9.59 Å². The van der Waals surface area contributed by atoms with Crippen LogP contribution in [0.5, 0.6) is 0 Å². The van der Waals surface area contributed by atoms with Gasteiger partial charge in [-0.05, 0) is 12.1 Å². The van der Waals surface area contributed by atoms with Crippen molar-refractivity contribution in [3.63, 3.8) is 0 Å². The Morgan fingerprint density at radius 2 is 2.09 bits per heavy atom. The van der Waals surface area contributed by atoms with Crippen LogP contribution in [0.3, 0.4) is 0 Å². The first-order chi connectivity index (χ1) is 10.7. The minimum atomic E-state index is -4.83. The number of carbonyl (C=O) groups is 2. The normalized spacial score (nSPS) is 18.7. The first-order valence-corrected chi connectivity index (χ1v) is 6.58. The minimum absolute atomic E-state index is 0.0104. The van der Waals surface area contributed by atoms with Crippen molar-refractivity contribution in [1.82, 2.24) is 9.47 Å². The maximum Gasteiger partial charge on any atom is 0.421 e. The first-order valence-electron chi connectivity index (χ1n) is 6.58. The molecule has 1 aliphatic heterocycles. The highest BCUT2D eigenvalue weighted by Crippen LogP contribution is 2.26. The number of carboxylic acids is 1. The molecule has 2 rings (SSSR count). The number of halogens is 3. The molecule has 1 N–H and O–H groups in total. The molecule has 0 aromatic carbocycles. The molecule has 0 saturated carbocycles. The predicted octanol–water partition coefficient (Wildman–Crippen LogP) is 0.179. The lowest BCUT2D eigenvalue weighted by molar-refractivity contribution is -0.158. The van der Waals surface area contributed by atoms with Crippen molar-refractivity contribution < 1.29 is 32.6 Å². The van der Waals surface area contributed by atoms with Gasteiger partial charge in [-0.15, -0.1) is 0 Å². The van der Waals surface area contributed by atoms with Crippen molar-refractivity contribution in [3.8, 4) is 0 Å². The molecule has 126 valence electrons. The van der Waals surface area contributed by atoms with Gasteiger partial charge < -0.3 is 19.3 Å². The van der Waals surface area contributed by atoms with Gasteiger partial charge in [0.2, 0.25) is 5.91 Å². The van der Waals surface area contributed by atoms with E-state index in [1.54, 1.807) is 0 Å². The van der Waals surface area contributed by atoms with Gasteiger partial charge in [0.05, 0.1) is 13.2 Å². The number of amides is 1. The van der Waals surface area contributed by atoms with E-state index in [0.29, 0.717) is 10.6 Å². The number of aromatic nitrogens is 1. The summed E-state index contributed by atoms with van der Waals surface area (Å²) in [5.41, 5.74) is -2.74. The summed E-state index contributed by atoms with van der Waals surface area (Å²) in [7, 11) is 0. The SMILES string of the molecule is O=C(O)C1COCCN1C(=O)Cn1cccc(C(F)(F)F)c1=O. The van der Waals surface area contributed by atoms with Crippen molar-refractivity contribution in [1.29, 1.82) is 0 Å². The number of morpholine rings is 1. The van der Waals surface area contributed by atoms with Gasteiger partial charge in [-0.25, -0.2) is 4.79 Å². The van der Waals surface area contributed by atoms with E-state index < -0.39 is 41.8 Å². The molecule has 0 spiro atoms. The van der Waals surface area contributed by atoms with E-state index in [1.807, 2.05) is 0 Å². The summed E-state index contributed by atoms with van der Waals surface area (Å²) >= 11 is 0. The minimum Gasteiger partial charge on any atom is -0.480 e. The Labute approximate surface area is 127 Å². The third kappa shape index (κ3) is 3.70. The second-order valence-corrected chi connectivity index (χ2v) is 4.87. The lowest BCUT2D eigenvalue weighted by Gasteiger charge is -2.33. The molecule has 0 aliphatic carbocycles. The van der Waals surface area contributed by atoms with Crippen molar-refractivity contribution in [2.24, 2.45) is 0 Å². The lowest BCUT2D eigenvalue weighted by atomic mass is 10.2. The largest absolute Gasteiger partial charge is 0.480 e. The van der Waals surface area contributed by atoms with Crippen LogP contribution >= 0.6 is 0 Å². The van der Waals surface area contributed by atoms with Gasteiger partial charge >= 0.3 is 12.1 Å². The molecule has 2 heterocycles. The van der Waals surface area contributed by atoms with E-state index in [2.05, 4.69) is 0 Å². The van der Waals surface area contributed by atoms with E-state index >= 15 is 0 Å². The van der Waals surface area contributed by atoms with Crippen LogP contribution in [-0.2, 0) is 27.0 Å². The zero-order chi connectivity index (χ0) is 17.2. The fourth-order valence-corrected chi connectivity index (χ4v) is 2.22. The maximum absolute atomic E-state index is 12.7. The van der Waals surface area contributed by atoms with Gasteiger partial charge in [0.15, 0.2) is 6.04 Å². The fraction of sp³-hybridized carbons (Fsp3) is 0.462. The molecular formula is C13H13F3N2O5. The van der Waals surface area contributed by atoms with Crippen LogP contribution in [0.25, 0.3) is 0 Å². The average Bonchev–Trinajstić information content (AvgIpc) is 2.48. The second kappa shape index (κ2) is 6.41. The molecule has 1 saturated heterocycles. The number of nitrogens with zero attached hydrogens (tertiary/aromatic N) is 2. The summed E-state index contributed by atoms with van der Waals surface area (Å²) in [5.74, 6) is -2.04. The molecule has 1 amide bonds. The van der Waals surface area contributed by atoms with Crippen LogP contribution in [0, 0.1) is 0 Å². The van der Waals surface area contributed by atoms with Crippen LogP contribution in [0.1, 0.15) is 5.56 Å². The molecule has 1 aromatic rings. The van der Waals surface area contributed by atoms with Gasteiger partial charge in [-0.2, -0.15) is 13.2 Å². The highest BCUT2D eigenvalue weighted by Gasteiger charge is 2.35. The highest BCUT2D eigenvalue weighted by molar-refractivity contribution is 5.83. The number of aliphatic carboxylic acids is 1. The molecule has 10 heteroatoms. The van der Waals surface area contributed by atoms with Gasteiger partial charge in [0.25, 0.3) is 5.56 Å². The molecule has 0 bridgehead atoms. The van der Waals surface area contributed by atoms with E-state index in [9.17, 15) is 27.6 Å². The topological polar surface area (TPSA) is 88.8 Å². The monoisotopic (exact) mass is 334 g/mol. The molecular weight excluding hydrogens is 321 g/mol. The van der Waals surface area contributed by atoms with Crippen molar-refractivity contribution in [2.45, 2.75) is 18.8 Å². The number of carbonyl (C=O) groups excluding carboxylic acids is 1. The first kappa shape index (κ1) is 17.0. The van der Waals surface area contributed by atoms with E-state index in [4.69, 9.17) is 9.84 Å². The molecule has 1 atom stereocenters. The number of hydrogen-bond acceptors (Lipinski definition) is 4. The van der Waals surface area contributed by atoms with Crippen LogP contribution in [0.2, 0.25) is 0 Å². The highest BCUT2D eigenvalue weighted by atomic mass is 19.4. The molecule has 0 radical (unpaired) electrons. The molecule has 1 aromatic heterocycles. The predicted molar refractivity (Wildman–Crippen MR) is 69.7 cm³/mol. The smallest absolute Gasteiger partial charge is 0.421 e. The van der Waals surface area contributed by atoms with Crippen molar-refractivity contribution >= 4 is 11.9 Å². The number of pyridine rings is 1. The Balaban J connectivity index is 2.23. The number of alkyl halides is 3. The Hall–Kier alpha value is -2.36. The van der Waals surface area contributed by atoms with E-state index in [-0.39, 0.29) is 19.8 Å². The number of rotatable bonds is 3. The molecule has 1 unspecified atom stereocenters. The zero-order valence-electron chi connectivity index (χ0n) is 11.7. The van der Waals surface area contributed by atoms with Gasteiger partial charge in [0, 0.05) is 12.7 Å². The van der Waals surface area contributed by atoms with Crippen LogP contribution in [0.15, 0.2) is 23.1 Å². The summed E-state index contributed by atoms with van der Waals surface area (Å²) in [5, 5.41) is 9.04. The Bertz CT molecular complexity index is 670. The Morgan fingerprint density at radius 3 is 2.70 bits per heavy atom. The lowest BCUT2D eigenvalue weighted by Crippen LogP contribution is -2.53. The third-order valence-corrected chi connectivity index (χ3v) is 3.37. The maximum atomic E-state index is 12.7. The molecule has 1 aliphatic rings. The van der Waals surface area contributed by atoms with Crippen LogP contribution in [-0.4, -0.2) is 52.3 Å². The summed E-state index contributed by atoms with van der Waals surface area (Å²) in [6.07, 6.45) is -3.78. The van der Waals surface area contributed by atoms with Crippen LogP contribution < -0.4 is 5.56 Å². The molecule has 7 nitrogen and oxygen atoms in total. The van der Waals surface area contributed by atoms with E-state index in [1.165, 1.54) is 0 Å². The number of hydrogen-bond donors (Lipinski definition) is 1. The van der Waals surface area contributed by atoms with Crippen LogP contribution in [0.4, 0.5) is 13.2 Å². The Morgan fingerprint density at radius 1 is 1.39 bits per heavy atom. The second-order valence-electron chi connectivity index (χ2n) is 4.87. The Kier molecular flexibility index (Phi) is 4.73. The fourth-order valence-electron chi connectivity index (χ4n) is 2.22. The summed E-state index contributed by atoms with van der Waals surface area (Å²) in [4.78, 5) is 36.0. The number of carboxylic acid groups (broad SMARTS) is 1. The van der Waals surface area contributed by atoms with Gasteiger partial charge in [-0.1, -0.05) is 0 Å². The molecule has 23 heavy (non-hydrogen) atoms. The quantitative estimate of drug-likeness (QED) is 0.852. The van der Waals surface area contributed by atoms with Crippen molar-refractivity contribution in [2.75, 3.05) is 19.8 Å². The van der Waals surface area contributed by atoms with E-state index in [0.717, 1.165) is 17.2 Å². The summed E-state index contributed by atoms with van der Waals surface area (Å²) < 4.78 is 43.6. The summed E-state index contributed by atoms with van der Waals surface area (Å²) in [6.45, 7) is -0.776. The zero-order valence-corrected chi connectivity index (χ0v) is 11.7. The summed E-state index contributed by atoms with van der Waals surface area (Å²) in [6, 6.07) is 0.404. The van der Waals surface area contributed by atoms with Crippen molar-refractivity contribution in [3.05, 3.63) is 34.2 Å². The third-order valence-electron chi connectivity index (χ3n) is 3.37. The van der Waals surface area contributed by atoms with Gasteiger partial charge in [0.1, 0.15) is 12.1 Å². The number of ether oxygens (including phenoxy) is 1. The standard InChI is InChI=1S/C13H13F3N2O5/c14-13(15,16)8-2-1-3-17(11(8)20)6-10(19)18-4-5-23-7-9(18)12(21)22/h1-3,9H,4-7H2,(H,21,22).